The summed E-state index contributed by atoms with van der Waals surface area (Å²) < 4.78 is 52.7. The molecular weight excluding hydrogens is 690 g/mol. The number of nitrogens with one attached hydrogen (secondary N) is 1. The highest BCUT2D eigenvalue weighted by atomic mass is 32.7. The van der Waals surface area contributed by atoms with E-state index < -0.39 is 85.8 Å². The molecule has 2 aliphatic heterocycles. The van der Waals surface area contributed by atoms with Crippen molar-refractivity contribution in [3.63, 3.8) is 0 Å². The van der Waals surface area contributed by atoms with Gasteiger partial charge in [0.05, 0.1) is 43.3 Å². The third kappa shape index (κ3) is 4.73. The van der Waals surface area contributed by atoms with Gasteiger partial charge in [-0.2, -0.15) is 4.98 Å². The first kappa shape index (κ1) is 30.7. The number of thiol groups is 1. The number of imidazole rings is 2. The number of nitrogen functional groups attached to an aromatic ring is 2. The van der Waals surface area contributed by atoms with Crippen LogP contribution in [0.5, 0.6) is 0 Å². The van der Waals surface area contributed by atoms with Crippen LogP contribution >= 0.6 is 38.6 Å². The lowest BCUT2D eigenvalue weighted by molar-refractivity contribution is -0.0224. The van der Waals surface area contributed by atoms with E-state index in [2.05, 4.69) is 42.2 Å². The minimum atomic E-state index is -4.94. The number of hydrogen-bond acceptors (Lipinski definition) is 17. The zero-order valence-electron chi connectivity index (χ0n) is 23.2. The summed E-state index contributed by atoms with van der Waals surface area (Å²) in [5, 5.41) is 20.9. The van der Waals surface area contributed by atoms with Crippen LogP contribution in [0.2, 0.25) is 0 Å². The van der Waals surface area contributed by atoms with Crippen LogP contribution in [0.25, 0.3) is 22.3 Å². The molecule has 11 atom stereocenters. The lowest BCUT2D eigenvalue weighted by Gasteiger charge is -2.30. The Hall–Kier alpha value is -2.62. The second kappa shape index (κ2) is 10.4. The van der Waals surface area contributed by atoms with Crippen molar-refractivity contribution in [1.29, 1.82) is 0 Å². The Morgan fingerprint density at radius 2 is 1.80 bits per heavy atom. The Bertz CT molecular complexity index is 2050. The van der Waals surface area contributed by atoms with Gasteiger partial charge in [-0.25, -0.2) is 29.1 Å². The van der Waals surface area contributed by atoms with E-state index in [4.69, 9.17) is 29.6 Å². The van der Waals surface area contributed by atoms with Crippen molar-refractivity contribution in [2.24, 2.45) is 11.3 Å². The fraction of sp³-hybridized carbons (Fsp3) is 0.545. The van der Waals surface area contributed by atoms with Crippen molar-refractivity contribution in [2.75, 3.05) is 24.7 Å². The SMILES string of the molecule is Nc1nc2c(ncn2[C@@H]2S[C@@H]3CO[P@@](=O)(S)O[C@H]4[C@@H](O)[C@H](n5cnc6c(N)ncnc65)[C@H]5CC54COP(=O)(O)O[C@@H]2[C@@H]3O)c(=O)[nH]1. The zero-order valence-corrected chi connectivity index (χ0v) is 26.7. The second-order valence-corrected chi connectivity index (χ2v) is 17.2. The summed E-state index contributed by atoms with van der Waals surface area (Å²) in [5.74, 6) is -0.480. The molecule has 0 amide bonds. The van der Waals surface area contributed by atoms with Gasteiger partial charge in [-0.1, -0.05) is 12.2 Å². The molecule has 20 nitrogen and oxygen atoms in total. The number of fused-ring (bicyclic) bond motifs is 4. The summed E-state index contributed by atoms with van der Waals surface area (Å²) in [6.45, 7) is -5.11. The van der Waals surface area contributed by atoms with Crippen LogP contribution in [0.3, 0.4) is 0 Å². The maximum Gasteiger partial charge on any atom is 0.472 e. The van der Waals surface area contributed by atoms with E-state index in [1.807, 2.05) is 0 Å². The molecule has 0 radical (unpaired) electrons. The van der Waals surface area contributed by atoms with Crippen molar-refractivity contribution in [1.82, 2.24) is 39.0 Å². The highest BCUT2D eigenvalue weighted by Gasteiger charge is 2.74. The van der Waals surface area contributed by atoms with Crippen LogP contribution in [0.4, 0.5) is 11.8 Å². The Morgan fingerprint density at radius 3 is 2.61 bits per heavy atom. The lowest BCUT2D eigenvalue weighted by Crippen LogP contribution is -2.37. The van der Waals surface area contributed by atoms with Crippen LogP contribution in [-0.2, 0) is 27.2 Å². The number of aromatic amines is 1. The predicted octanol–water partition coefficient (Wildman–Crippen LogP) is -0.0238. The summed E-state index contributed by atoms with van der Waals surface area (Å²) in [6.07, 6.45) is -1.18. The number of nitrogens with zero attached hydrogens (tertiary/aromatic N) is 7. The van der Waals surface area contributed by atoms with Gasteiger partial charge < -0.3 is 31.1 Å². The molecule has 4 fully saturated rings. The number of phosphoric acid groups is 1. The molecule has 4 aromatic rings. The van der Waals surface area contributed by atoms with Crippen molar-refractivity contribution in [3.05, 3.63) is 29.3 Å². The molecule has 1 spiro atoms. The first-order chi connectivity index (χ1) is 21.8. The molecule has 2 saturated carbocycles. The van der Waals surface area contributed by atoms with Gasteiger partial charge in [0.25, 0.3) is 5.56 Å². The largest absolute Gasteiger partial charge is 0.472 e. The first-order valence-corrected chi connectivity index (χ1v) is 18.9. The number of rotatable bonds is 2. The Labute approximate surface area is 266 Å². The van der Waals surface area contributed by atoms with Gasteiger partial charge in [-0.15, -0.1) is 11.8 Å². The number of thioether (sulfide) groups is 1. The summed E-state index contributed by atoms with van der Waals surface area (Å²) in [7, 11) is -4.94. The molecule has 4 aromatic heterocycles. The Morgan fingerprint density at radius 1 is 1.04 bits per heavy atom. The van der Waals surface area contributed by atoms with Crippen LogP contribution < -0.4 is 17.0 Å². The number of anilines is 2. The van der Waals surface area contributed by atoms with Crippen molar-refractivity contribution in [3.8, 4) is 0 Å². The molecule has 2 bridgehead atoms. The fourth-order valence-electron chi connectivity index (χ4n) is 6.81. The van der Waals surface area contributed by atoms with E-state index in [1.165, 1.54) is 23.5 Å². The van der Waals surface area contributed by atoms with Gasteiger partial charge in [-0.05, 0) is 12.3 Å². The van der Waals surface area contributed by atoms with Crippen LogP contribution in [-0.4, -0.2) is 97.0 Å². The number of nitrogens with two attached hydrogens (primary N) is 2. The zero-order chi connectivity index (χ0) is 32.3. The summed E-state index contributed by atoms with van der Waals surface area (Å²) in [4.78, 5) is 46.3. The smallest absolute Gasteiger partial charge is 0.389 e. The molecule has 2 unspecified atom stereocenters. The van der Waals surface area contributed by atoms with E-state index in [0.29, 0.717) is 17.6 Å². The van der Waals surface area contributed by atoms with Gasteiger partial charge >= 0.3 is 14.6 Å². The minimum absolute atomic E-state index is 0.0340. The molecule has 246 valence electrons. The molecule has 2 saturated heterocycles. The van der Waals surface area contributed by atoms with E-state index in [0.717, 1.165) is 11.8 Å². The number of phosphoric ester groups is 1. The predicted molar refractivity (Wildman–Crippen MR) is 162 cm³/mol. The maximum atomic E-state index is 13.6. The number of H-pyrrole nitrogens is 1. The second-order valence-electron chi connectivity index (χ2n) is 11.5. The monoisotopic (exact) mass is 716 g/mol. The molecule has 6 heterocycles. The molecule has 2 aliphatic carbocycles. The van der Waals surface area contributed by atoms with Crippen molar-refractivity contribution in [2.45, 2.75) is 47.5 Å². The quantitative estimate of drug-likeness (QED) is 0.106. The van der Waals surface area contributed by atoms with Gasteiger partial charge in [0, 0.05) is 5.41 Å². The van der Waals surface area contributed by atoms with E-state index in [1.54, 1.807) is 4.57 Å². The van der Waals surface area contributed by atoms with Gasteiger partial charge in [0.15, 0.2) is 22.6 Å². The highest BCUT2D eigenvalue weighted by Crippen LogP contribution is 2.73. The average Bonchev–Trinajstić information content (AvgIpc) is 3.26. The summed E-state index contributed by atoms with van der Waals surface area (Å²) in [5.41, 5.74) is 10.6. The standard InChI is InChI=1S/C22H26N10O10P2S2/c23-16-9-17(26-4-25-16)31(5-27-9)11-7-1-22(7)3-40-43(36,37)41-14-12(33)8(2-39-44(38,45)42-15(22)13(11)34)46-20(14)32-6-28-10-18(32)29-21(24)30-19(10)35/h4-8,11-15,20,33-34H,1-3H2,(H,36,37)(H,38,45)(H2,23,25,26)(H3,24,29,30,35)/t7-,8-,11-,12-,13+,14-,15+,20-,22?,44-/m1/s1. The lowest BCUT2D eigenvalue weighted by atomic mass is 10.0. The van der Waals surface area contributed by atoms with Gasteiger partial charge in [0.2, 0.25) is 5.95 Å². The van der Waals surface area contributed by atoms with Crippen LogP contribution in [0.1, 0.15) is 17.8 Å². The molecule has 24 heteroatoms. The van der Waals surface area contributed by atoms with Crippen molar-refractivity contribution >= 4 is 72.7 Å². The molecule has 0 aromatic carbocycles. The average molecular weight is 717 g/mol. The Kier molecular flexibility index (Phi) is 6.97. The molecular formula is C22H26N10O10P2S2. The van der Waals surface area contributed by atoms with Crippen LogP contribution in [0, 0.1) is 11.3 Å². The van der Waals surface area contributed by atoms with E-state index in [-0.39, 0.29) is 22.9 Å². The molecule has 8 N–H and O–H groups in total. The topological polar surface area (TPSA) is 291 Å². The van der Waals surface area contributed by atoms with Crippen LogP contribution in [0.15, 0.2) is 23.8 Å². The minimum Gasteiger partial charge on any atom is -0.389 e. The van der Waals surface area contributed by atoms with E-state index in [9.17, 15) is 29.0 Å². The highest BCUT2D eigenvalue weighted by molar-refractivity contribution is 8.44. The number of aliphatic hydroxyl groups excluding tert-OH is 2. The molecule has 8 rings (SSSR count). The van der Waals surface area contributed by atoms with Crippen molar-refractivity contribution < 1.29 is 42.3 Å². The third-order valence-electron chi connectivity index (χ3n) is 8.96. The molecule has 46 heavy (non-hydrogen) atoms. The van der Waals surface area contributed by atoms with Gasteiger partial charge in [0.1, 0.15) is 35.5 Å². The number of hydrogen-bond donors (Lipinski definition) is 7. The summed E-state index contributed by atoms with van der Waals surface area (Å²) >= 11 is 5.19. The number of aliphatic hydroxyl groups is 2. The Balaban J connectivity index is 1.14. The summed E-state index contributed by atoms with van der Waals surface area (Å²) in [6, 6.07) is -0.733. The van der Waals surface area contributed by atoms with Gasteiger partial charge in [-0.3, -0.25) is 32.4 Å². The normalized spacial score (nSPS) is 41.0. The fourth-order valence-corrected chi connectivity index (χ4v) is 11.0. The van der Waals surface area contributed by atoms with E-state index >= 15 is 0 Å². The number of aromatic nitrogens is 8. The first-order valence-electron chi connectivity index (χ1n) is 13.8. The third-order valence-corrected chi connectivity index (χ3v) is 13.1. The maximum absolute atomic E-state index is 13.6. The molecule has 4 aliphatic rings.